The number of aliphatic carboxylic acids is 1. The van der Waals surface area contributed by atoms with E-state index in [-0.39, 0.29) is 12.5 Å². The van der Waals surface area contributed by atoms with Crippen LogP contribution in [-0.4, -0.2) is 29.2 Å². The van der Waals surface area contributed by atoms with Gasteiger partial charge in [0.05, 0.1) is 28.2 Å². The summed E-state index contributed by atoms with van der Waals surface area (Å²) >= 11 is 11.8. The number of nitrogens with one attached hydrogen (secondary N) is 1. The first-order chi connectivity index (χ1) is 10.5. The first-order valence-electron chi connectivity index (χ1n) is 6.75. The fourth-order valence-electron chi connectivity index (χ4n) is 2.87. The molecule has 2 aliphatic heterocycles. The molecular weight excluding hydrogens is 329 g/mol. The van der Waals surface area contributed by atoms with Crippen LogP contribution in [0, 0.1) is 11.8 Å². The molecule has 1 aromatic rings. The van der Waals surface area contributed by atoms with Crippen molar-refractivity contribution in [2.75, 3.05) is 0 Å². The van der Waals surface area contributed by atoms with Gasteiger partial charge in [0, 0.05) is 6.54 Å². The molecule has 116 valence electrons. The molecule has 2 aliphatic rings. The Hall–Kier alpha value is -1.56. The van der Waals surface area contributed by atoms with Gasteiger partial charge in [0.1, 0.15) is 5.92 Å². The smallest absolute Gasteiger partial charge is 0.310 e. The predicted molar refractivity (Wildman–Crippen MR) is 80.7 cm³/mol. The normalized spacial score (nSPS) is 28.8. The predicted octanol–water partition coefficient (Wildman–Crippen LogP) is 2.26. The molecule has 1 fully saturated rings. The van der Waals surface area contributed by atoms with Crippen molar-refractivity contribution in [3.05, 3.63) is 46.0 Å². The standard InChI is InChI=1S/C15H13Cl2NO4/c16-8-2-1-7(5-9(8)17)6-18-14(19)12-10-3-4-11(22-10)13(12)15(20)21/h1-5,10-13H,6H2,(H,18,19)(H,20,21)/t10-,11+,12+,13-/m0/s1. The fraction of sp³-hybridized carbons (Fsp3) is 0.333. The summed E-state index contributed by atoms with van der Waals surface area (Å²) in [5.41, 5.74) is 0.786. The zero-order valence-corrected chi connectivity index (χ0v) is 12.8. The molecule has 0 radical (unpaired) electrons. The van der Waals surface area contributed by atoms with Crippen LogP contribution in [0.15, 0.2) is 30.4 Å². The minimum Gasteiger partial charge on any atom is -0.481 e. The Morgan fingerprint density at radius 1 is 1.14 bits per heavy atom. The highest BCUT2D eigenvalue weighted by Gasteiger charge is 2.53. The molecule has 2 heterocycles. The zero-order chi connectivity index (χ0) is 15.9. The van der Waals surface area contributed by atoms with Crippen molar-refractivity contribution in [1.29, 1.82) is 0 Å². The second-order valence-corrected chi connectivity index (χ2v) is 6.12. The fourth-order valence-corrected chi connectivity index (χ4v) is 3.19. The topological polar surface area (TPSA) is 75.6 Å². The summed E-state index contributed by atoms with van der Waals surface area (Å²) in [6, 6.07) is 5.06. The van der Waals surface area contributed by atoms with Crippen molar-refractivity contribution in [1.82, 2.24) is 5.32 Å². The maximum atomic E-state index is 12.3. The Balaban J connectivity index is 1.68. The molecule has 0 aromatic heterocycles. The molecule has 4 atom stereocenters. The molecule has 0 spiro atoms. The van der Waals surface area contributed by atoms with Crippen LogP contribution < -0.4 is 5.32 Å². The van der Waals surface area contributed by atoms with E-state index < -0.39 is 30.0 Å². The van der Waals surface area contributed by atoms with Gasteiger partial charge in [0.25, 0.3) is 0 Å². The molecular formula is C15H13Cl2NO4. The van der Waals surface area contributed by atoms with Gasteiger partial charge >= 0.3 is 5.97 Å². The first kappa shape index (κ1) is 15.3. The van der Waals surface area contributed by atoms with Crippen molar-refractivity contribution < 1.29 is 19.4 Å². The van der Waals surface area contributed by atoms with E-state index in [1.54, 1.807) is 30.4 Å². The zero-order valence-electron chi connectivity index (χ0n) is 11.3. The van der Waals surface area contributed by atoms with Crippen LogP contribution in [-0.2, 0) is 20.9 Å². The van der Waals surface area contributed by atoms with Gasteiger partial charge in [-0.3, -0.25) is 9.59 Å². The van der Waals surface area contributed by atoms with Crippen LogP contribution in [0.1, 0.15) is 5.56 Å². The number of carbonyl (C=O) groups is 2. The number of ether oxygens (including phenoxy) is 1. The van der Waals surface area contributed by atoms with Gasteiger partial charge in [0.2, 0.25) is 5.91 Å². The highest BCUT2D eigenvalue weighted by molar-refractivity contribution is 6.42. The van der Waals surface area contributed by atoms with Crippen molar-refractivity contribution in [3.8, 4) is 0 Å². The van der Waals surface area contributed by atoms with Crippen LogP contribution in [0.2, 0.25) is 10.0 Å². The van der Waals surface area contributed by atoms with E-state index in [0.717, 1.165) is 5.56 Å². The number of hydrogen-bond acceptors (Lipinski definition) is 3. The third-order valence-corrected chi connectivity index (χ3v) is 4.68. The monoisotopic (exact) mass is 341 g/mol. The third kappa shape index (κ3) is 2.72. The average Bonchev–Trinajstić information content (AvgIpc) is 3.08. The summed E-state index contributed by atoms with van der Waals surface area (Å²) in [5, 5.41) is 12.9. The van der Waals surface area contributed by atoms with Gasteiger partial charge < -0.3 is 15.2 Å². The summed E-state index contributed by atoms with van der Waals surface area (Å²) < 4.78 is 5.48. The van der Waals surface area contributed by atoms with Crippen molar-refractivity contribution >= 4 is 35.1 Å². The van der Waals surface area contributed by atoms with Gasteiger partial charge in [-0.05, 0) is 17.7 Å². The van der Waals surface area contributed by atoms with Crippen LogP contribution in [0.5, 0.6) is 0 Å². The minimum atomic E-state index is -1.02. The van der Waals surface area contributed by atoms with Crippen LogP contribution in [0.3, 0.4) is 0 Å². The lowest BCUT2D eigenvalue weighted by atomic mass is 9.82. The van der Waals surface area contributed by atoms with E-state index in [0.29, 0.717) is 10.0 Å². The number of halogens is 2. The molecule has 1 aromatic carbocycles. The number of carboxylic acid groups (broad SMARTS) is 1. The summed E-state index contributed by atoms with van der Waals surface area (Å²) in [4.78, 5) is 23.7. The van der Waals surface area contributed by atoms with Crippen LogP contribution in [0.4, 0.5) is 0 Å². The van der Waals surface area contributed by atoms with Gasteiger partial charge in [-0.1, -0.05) is 41.4 Å². The Bertz CT molecular complexity index is 661. The molecule has 0 unspecified atom stereocenters. The largest absolute Gasteiger partial charge is 0.481 e. The Labute approximate surface area is 136 Å². The Kier molecular flexibility index (Phi) is 4.12. The minimum absolute atomic E-state index is 0.250. The summed E-state index contributed by atoms with van der Waals surface area (Å²) in [6.07, 6.45) is 2.45. The van der Waals surface area contributed by atoms with E-state index in [1.807, 2.05) is 0 Å². The lowest BCUT2D eigenvalue weighted by molar-refractivity contribution is -0.146. The number of carboxylic acids is 1. The third-order valence-electron chi connectivity index (χ3n) is 3.94. The van der Waals surface area contributed by atoms with Crippen molar-refractivity contribution in [2.45, 2.75) is 18.8 Å². The molecule has 3 rings (SSSR count). The lowest BCUT2D eigenvalue weighted by Crippen LogP contribution is -2.42. The molecule has 1 amide bonds. The van der Waals surface area contributed by atoms with Crippen molar-refractivity contribution in [2.24, 2.45) is 11.8 Å². The second kappa shape index (κ2) is 5.91. The lowest BCUT2D eigenvalue weighted by Gasteiger charge is -2.21. The maximum Gasteiger partial charge on any atom is 0.310 e. The highest BCUT2D eigenvalue weighted by Crippen LogP contribution is 2.39. The number of carbonyl (C=O) groups excluding carboxylic acids is 1. The quantitative estimate of drug-likeness (QED) is 0.823. The van der Waals surface area contributed by atoms with Crippen LogP contribution in [0.25, 0.3) is 0 Å². The van der Waals surface area contributed by atoms with Crippen molar-refractivity contribution in [3.63, 3.8) is 0 Å². The van der Waals surface area contributed by atoms with Gasteiger partial charge in [0.15, 0.2) is 0 Å². The van der Waals surface area contributed by atoms with E-state index in [2.05, 4.69) is 5.32 Å². The Morgan fingerprint density at radius 2 is 1.82 bits per heavy atom. The number of amides is 1. The maximum absolute atomic E-state index is 12.3. The SMILES string of the molecule is O=C(O)[C@@H]1[C@H](C(=O)NCc2ccc(Cl)c(Cl)c2)[C@@H]2C=C[C@H]1O2. The van der Waals surface area contributed by atoms with Gasteiger partial charge in [-0.15, -0.1) is 0 Å². The second-order valence-electron chi connectivity index (χ2n) is 5.31. The number of fused-ring (bicyclic) bond motifs is 2. The summed E-state index contributed by atoms with van der Waals surface area (Å²) in [5.74, 6) is -2.92. The van der Waals surface area contributed by atoms with Gasteiger partial charge in [-0.2, -0.15) is 0 Å². The summed E-state index contributed by atoms with van der Waals surface area (Å²) in [7, 11) is 0. The van der Waals surface area contributed by atoms with E-state index >= 15 is 0 Å². The molecule has 0 aliphatic carbocycles. The van der Waals surface area contributed by atoms with E-state index in [4.69, 9.17) is 27.9 Å². The van der Waals surface area contributed by atoms with E-state index in [9.17, 15) is 14.7 Å². The number of rotatable bonds is 4. The molecule has 5 nitrogen and oxygen atoms in total. The number of benzene rings is 1. The van der Waals surface area contributed by atoms with Crippen LogP contribution >= 0.6 is 23.2 Å². The van der Waals surface area contributed by atoms with Gasteiger partial charge in [-0.25, -0.2) is 0 Å². The summed E-state index contributed by atoms with van der Waals surface area (Å²) in [6.45, 7) is 0.250. The molecule has 7 heteroatoms. The molecule has 2 bridgehead atoms. The average molecular weight is 342 g/mol. The first-order valence-corrected chi connectivity index (χ1v) is 7.51. The molecule has 1 saturated heterocycles. The number of hydrogen-bond donors (Lipinski definition) is 2. The molecule has 0 saturated carbocycles. The molecule has 2 N–H and O–H groups in total. The molecule has 22 heavy (non-hydrogen) atoms. The van der Waals surface area contributed by atoms with E-state index in [1.165, 1.54) is 0 Å². The highest BCUT2D eigenvalue weighted by atomic mass is 35.5. The Morgan fingerprint density at radius 3 is 2.45 bits per heavy atom.